The fourth-order valence-electron chi connectivity index (χ4n) is 1.83. The number of carbonyl (C=O) groups excluding carboxylic acids is 1. The molecule has 0 saturated carbocycles. The molecule has 0 radical (unpaired) electrons. The molecule has 1 aromatic heterocycles. The van der Waals surface area contributed by atoms with Crippen molar-refractivity contribution in [3.8, 4) is 0 Å². The highest BCUT2D eigenvalue weighted by atomic mass is 16.4. The number of aliphatic hydroxyl groups excluding tert-OH is 1. The van der Waals surface area contributed by atoms with Gasteiger partial charge in [-0.25, -0.2) is 9.78 Å². The van der Waals surface area contributed by atoms with Gasteiger partial charge in [0.15, 0.2) is 0 Å². The molecule has 6 heteroatoms. The van der Waals surface area contributed by atoms with Crippen molar-refractivity contribution in [3.05, 3.63) is 17.3 Å². The minimum Gasteiger partial charge on any atom is -0.444 e. The van der Waals surface area contributed by atoms with E-state index in [0.29, 0.717) is 12.3 Å². The molecule has 0 aliphatic heterocycles. The van der Waals surface area contributed by atoms with E-state index in [4.69, 9.17) is 9.52 Å². The van der Waals surface area contributed by atoms with Crippen molar-refractivity contribution in [2.75, 3.05) is 6.61 Å². The first-order valence-corrected chi connectivity index (χ1v) is 6.82. The number of nitrogens with zero attached hydrogens (tertiary/aromatic N) is 1. The Kier molecular flexibility index (Phi) is 5.56. The van der Waals surface area contributed by atoms with Crippen LogP contribution in [0.25, 0.3) is 0 Å². The van der Waals surface area contributed by atoms with Crippen molar-refractivity contribution in [3.63, 3.8) is 0 Å². The number of amides is 2. The van der Waals surface area contributed by atoms with Gasteiger partial charge in [0.05, 0.1) is 12.2 Å². The topological polar surface area (TPSA) is 87.4 Å². The predicted molar refractivity (Wildman–Crippen MR) is 76.3 cm³/mol. The fraction of sp³-hybridized carbons (Fsp3) is 0.714. The van der Waals surface area contributed by atoms with Gasteiger partial charge in [-0.2, -0.15) is 0 Å². The Hall–Kier alpha value is -1.56. The van der Waals surface area contributed by atoms with Crippen LogP contribution in [-0.4, -0.2) is 28.8 Å². The molecule has 0 fully saturated rings. The van der Waals surface area contributed by atoms with Gasteiger partial charge >= 0.3 is 6.03 Å². The molecule has 0 aliphatic rings. The summed E-state index contributed by atoms with van der Waals surface area (Å²) < 4.78 is 5.39. The largest absolute Gasteiger partial charge is 0.444 e. The van der Waals surface area contributed by atoms with Crippen molar-refractivity contribution in [2.24, 2.45) is 5.41 Å². The second-order valence-electron chi connectivity index (χ2n) is 6.01. The number of aromatic nitrogens is 1. The third-order valence-electron chi connectivity index (χ3n) is 3.24. The van der Waals surface area contributed by atoms with Crippen LogP contribution in [0.3, 0.4) is 0 Å². The Morgan fingerprint density at radius 2 is 2.05 bits per heavy atom. The molecule has 114 valence electrons. The smallest absolute Gasteiger partial charge is 0.315 e. The summed E-state index contributed by atoms with van der Waals surface area (Å²) in [5.74, 6) is 1.25. The highest BCUT2D eigenvalue weighted by molar-refractivity contribution is 5.74. The maximum atomic E-state index is 11.9. The average Bonchev–Trinajstić information content (AvgIpc) is 2.65. The summed E-state index contributed by atoms with van der Waals surface area (Å²) in [7, 11) is 0. The highest BCUT2D eigenvalue weighted by Crippen LogP contribution is 2.21. The van der Waals surface area contributed by atoms with E-state index in [-0.39, 0.29) is 30.6 Å². The number of hydrogen-bond acceptors (Lipinski definition) is 4. The number of hydrogen-bond donors (Lipinski definition) is 3. The molecule has 1 rings (SSSR count). The number of oxazole rings is 1. The third kappa shape index (κ3) is 4.85. The zero-order chi connectivity index (χ0) is 15.3. The first-order valence-electron chi connectivity index (χ1n) is 6.82. The van der Waals surface area contributed by atoms with E-state index in [0.717, 1.165) is 11.5 Å². The monoisotopic (exact) mass is 283 g/mol. The molecule has 0 saturated heterocycles. The number of aliphatic hydroxyl groups is 1. The van der Waals surface area contributed by atoms with E-state index < -0.39 is 0 Å². The first kappa shape index (κ1) is 16.5. The van der Waals surface area contributed by atoms with E-state index in [1.54, 1.807) is 0 Å². The van der Waals surface area contributed by atoms with Gasteiger partial charge < -0.3 is 20.2 Å². The highest BCUT2D eigenvalue weighted by Gasteiger charge is 2.25. The molecular weight excluding hydrogens is 258 g/mol. The van der Waals surface area contributed by atoms with E-state index in [1.807, 2.05) is 34.6 Å². The van der Waals surface area contributed by atoms with Crippen LogP contribution >= 0.6 is 0 Å². The number of aryl methyl sites for hydroxylation is 2. The van der Waals surface area contributed by atoms with Gasteiger partial charge in [-0.1, -0.05) is 20.8 Å². The van der Waals surface area contributed by atoms with Gasteiger partial charge in [-0.05, 0) is 25.7 Å². The van der Waals surface area contributed by atoms with Crippen LogP contribution in [0, 0.1) is 19.3 Å². The molecular formula is C14H25N3O3. The lowest BCUT2D eigenvalue weighted by atomic mass is 9.85. The molecule has 20 heavy (non-hydrogen) atoms. The molecule has 1 aromatic rings. The molecule has 6 nitrogen and oxygen atoms in total. The predicted octanol–water partition coefficient (Wildman–Crippen LogP) is 1.89. The van der Waals surface area contributed by atoms with Crippen LogP contribution in [0.4, 0.5) is 4.79 Å². The average molecular weight is 283 g/mol. The molecule has 2 amide bonds. The third-order valence-corrected chi connectivity index (χ3v) is 3.24. The number of carbonyl (C=O) groups is 1. The SMILES string of the molecule is Cc1nc(CNC(=O)N[C@H](CCO)C(C)(C)C)oc1C. The van der Waals surface area contributed by atoms with Gasteiger partial charge in [0.1, 0.15) is 5.76 Å². The van der Waals surface area contributed by atoms with E-state index in [1.165, 1.54) is 0 Å². The summed E-state index contributed by atoms with van der Waals surface area (Å²) in [4.78, 5) is 16.1. The van der Waals surface area contributed by atoms with Crippen LogP contribution in [-0.2, 0) is 6.54 Å². The minimum atomic E-state index is -0.285. The van der Waals surface area contributed by atoms with E-state index >= 15 is 0 Å². The Morgan fingerprint density at radius 3 is 2.50 bits per heavy atom. The van der Waals surface area contributed by atoms with Crippen LogP contribution < -0.4 is 10.6 Å². The van der Waals surface area contributed by atoms with Crippen molar-refractivity contribution in [1.29, 1.82) is 0 Å². The molecule has 3 N–H and O–H groups in total. The summed E-state index contributed by atoms with van der Waals surface area (Å²) in [6.07, 6.45) is 0.522. The quantitative estimate of drug-likeness (QED) is 0.770. The van der Waals surface area contributed by atoms with Crippen molar-refractivity contribution in [2.45, 2.75) is 53.6 Å². The minimum absolute atomic E-state index is 0.0420. The van der Waals surface area contributed by atoms with E-state index in [9.17, 15) is 4.79 Å². The maximum absolute atomic E-state index is 11.9. The lowest BCUT2D eigenvalue weighted by molar-refractivity contribution is 0.188. The van der Waals surface area contributed by atoms with Crippen LogP contribution in [0.15, 0.2) is 4.42 Å². The normalized spacial score (nSPS) is 13.1. The van der Waals surface area contributed by atoms with Gasteiger partial charge in [0, 0.05) is 12.6 Å². The Labute approximate surface area is 120 Å². The van der Waals surface area contributed by atoms with Crippen molar-refractivity contribution >= 4 is 6.03 Å². The lowest BCUT2D eigenvalue weighted by Crippen LogP contribution is -2.48. The molecule has 0 bridgehead atoms. The summed E-state index contributed by atoms with van der Waals surface area (Å²) >= 11 is 0. The molecule has 1 atom stereocenters. The summed E-state index contributed by atoms with van der Waals surface area (Å²) in [5, 5.41) is 14.6. The number of rotatable bonds is 5. The van der Waals surface area contributed by atoms with Crippen LogP contribution in [0.2, 0.25) is 0 Å². The van der Waals surface area contributed by atoms with Gasteiger partial charge in [-0.15, -0.1) is 0 Å². The number of urea groups is 1. The molecule has 0 aromatic carbocycles. The zero-order valence-corrected chi connectivity index (χ0v) is 12.9. The van der Waals surface area contributed by atoms with Crippen molar-refractivity contribution < 1.29 is 14.3 Å². The van der Waals surface area contributed by atoms with Crippen LogP contribution in [0.1, 0.15) is 44.5 Å². The summed E-state index contributed by atoms with van der Waals surface area (Å²) in [5.41, 5.74) is 0.714. The van der Waals surface area contributed by atoms with Gasteiger partial charge in [0.2, 0.25) is 5.89 Å². The Morgan fingerprint density at radius 1 is 1.40 bits per heavy atom. The fourth-order valence-corrected chi connectivity index (χ4v) is 1.83. The molecule has 1 heterocycles. The van der Waals surface area contributed by atoms with Gasteiger partial charge in [0.25, 0.3) is 0 Å². The molecule has 0 aliphatic carbocycles. The van der Waals surface area contributed by atoms with Crippen molar-refractivity contribution in [1.82, 2.24) is 15.6 Å². The van der Waals surface area contributed by atoms with Crippen LogP contribution in [0.5, 0.6) is 0 Å². The zero-order valence-electron chi connectivity index (χ0n) is 12.9. The first-order chi connectivity index (χ1) is 9.24. The summed E-state index contributed by atoms with van der Waals surface area (Å²) in [6, 6.07) is -0.382. The van der Waals surface area contributed by atoms with Gasteiger partial charge in [-0.3, -0.25) is 0 Å². The van der Waals surface area contributed by atoms with E-state index in [2.05, 4.69) is 15.6 Å². The Bertz CT molecular complexity index is 430. The summed E-state index contributed by atoms with van der Waals surface area (Å²) in [6.45, 7) is 10.1. The second-order valence-corrected chi connectivity index (χ2v) is 6.01. The second kappa shape index (κ2) is 6.74. The molecule has 0 spiro atoms. The number of nitrogens with one attached hydrogen (secondary N) is 2. The maximum Gasteiger partial charge on any atom is 0.315 e. The standard InChI is InChI=1S/C14H25N3O3/c1-9-10(2)20-12(16-9)8-15-13(19)17-11(6-7-18)14(3,4)5/h11,18H,6-8H2,1-5H3,(H2,15,17,19)/t11-/m1/s1. The Balaban J connectivity index is 2.49. The molecule has 0 unspecified atom stereocenters. The lowest BCUT2D eigenvalue weighted by Gasteiger charge is -2.31.